The Morgan fingerprint density at radius 2 is 2.38 bits per heavy atom. The van der Waals surface area contributed by atoms with Gasteiger partial charge in [0.05, 0.1) is 12.2 Å². The van der Waals surface area contributed by atoms with Gasteiger partial charge in [-0.2, -0.15) is 0 Å². The van der Waals surface area contributed by atoms with E-state index in [1.54, 1.807) is 10.9 Å². The van der Waals surface area contributed by atoms with Crippen LogP contribution in [-0.4, -0.2) is 25.8 Å². The van der Waals surface area contributed by atoms with Gasteiger partial charge in [-0.3, -0.25) is 4.79 Å². The standard InChI is InChI=1S/C9H9ClN4OS/c1-5-8(6(2)15)12-13-14(5)4-7-3-11-9(10)16-7/h3H,4H2,1-2H3. The molecule has 0 aliphatic carbocycles. The average Bonchev–Trinajstić information content (AvgIpc) is 2.76. The molecule has 0 bridgehead atoms. The molecular weight excluding hydrogens is 248 g/mol. The lowest BCUT2D eigenvalue weighted by Gasteiger charge is -1.99. The molecule has 0 saturated heterocycles. The Hall–Kier alpha value is -1.27. The third-order valence-electron chi connectivity index (χ3n) is 2.15. The summed E-state index contributed by atoms with van der Waals surface area (Å²) in [6.07, 6.45) is 1.70. The second-order valence-corrected chi connectivity index (χ2v) is 5.01. The average molecular weight is 257 g/mol. The van der Waals surface area contributed by atoms with E-state index in [4.69, 9.17) is 11.6 Å². The molecule has 16 heavy (non-hydrogen) atoms. The van der Waals surface area contributed by atoms with E-state index in [9.17, 15) is 4.79 Å². The largest absolute Gasteiger partial charge is 0.293 e. The zero-order valence-electron chi connectivity index (χ0n) is 8.77. The summed E-state index contributed by atoms with van der Waals surface area (Å²) in [4.78, 5) is 16.1. The number of carbonyl (C=O) groups is 1. The highest BCUT2D eigenvalue weighted by atomic mass is 35.5. The van der Waals surface area contributed by atoms with E-state index in [2.05, 4.69) is 15.3 Å². The van der Waals surface area contributed by atoms with Gasteiger partial charge in [0.1, 0.15) is 0 Å². The monoisotopic (exact) mass is 256 g/mol. The Bertz CT molecular complexity index is 533. The van der Waals surface area contributed by atoms with Crippen molar-refractivity contribution in [2.75, 3.05) is 0 Å². The van der Waals surface area contributed by atoms with Crippen LogP contribution in [0.4, 0.5) is 0 Å². The molecule has 0 saturated carbocycles. The van der Waals surface area contributed by atoms with Gasteiger partial charge in [-0.15, -0.1) is 16.4 Å². The van der Waals surface area contributed by atoms with E-state index in [1.807, 2.05) is 6.92 Å². The van der Waals surface area contributed by atoms with Gasteiger partial charge in [0, 0.05) is 18.0 Å². The maximum absolute atomic E-state index is 11.2. The van der Waals surface area contributed by atoms with Crippen LogP contribution in [0.25, 0.3) is 0 Å². The zero-order chi connectivity index (χ0) is 11.7. The van der Waals surface area contributed by atoms with Crippen molar-refractivity contribution in [3.63, 3.8) is 0 Å². The van der Waals surface area contributed by atoms with E-state index >= 15 is 0 Å². The first-order valence-electron chi connectivity index (χ1n) is 4.59. The summed E-state index contributed by atoms with van der Waals surface area (Å²) in [7, 11) is 0. The number of hydrogen-bond acceptors (Lipinski definition) is 5. The minimum Gasteiger partial charge on any atom is -0.293 e. The summed E-state index contributed by atoms with van der Waals surface area (Å²) in [6, 6.07) is 0. The molecule has 0 amide bonds. The normalized spacial score (nSPS) is 10.7. The van der Waals surface area contributed by atoms with Crippen LogP contribution in [-0.2, 0) is 6.54 Å². The van der Waals surface area contributed by atoms with Crippen molar-refractivity contribution in [3.05, 3.63) is 26.9 Å². The van der Waals surface area contributed by atoms with E-state index in [0.29, 0.717) is 16.7 Å². The van der Waals surface area contributed by atoms with Gasteiger partial charge in [0.2, 0.25) is 0 Å². The second kappa shape index (κ2) is 4.31. The predicted octanol–water partition coefficient (Wildman–Crippen LogP) is 1.95. The van der Waals surface area contributed by atoms with Crippen molar-refractivity contribution in [2.24, 2.45) is 0 Å². The highest BCUT2D eigenvalue weighted by molar-refractivity contribution is 7.15. The van der Waals surface area contributed by atoms with Crippen LogP contribution in [0, 0.1) is 6.92 Å². The molecule has 2 heterocycles. The van der Waals surface area contributed by atoms with Crippen LogP contribution in [0.2, 0.25) is 4.47 Å². The lowest BCUT2D eigenvalue weighted by atomic mass is 10.2. The summed E-state index contributed by atoms with van der Waals surface area (Å²) in [5, 5.41) is 7.76. The van der Waals surface area contributed by atoms with Crippen LogP contribution >= 0.6 is 22.9 Å². The molecule has 0 aliphatic heterocycles. The first-order valence-corrected chi connectivity index (χ1v) is 5.78. The topological polar surface area (TPSA) is 60.7 Å². The second-order valence-electron chi connectivity index (χ2n) is 3.32. The number of thiazole rings is 1. The van der Waals surface area contributed by atoms with Gasteiger partial charge < -0.3 is 0 Å². The third kappa shape index (κ3) is 2.12. The Labute approximate surface area is 101 Å². The zero-order valence-corrected chi connectivity index (χ0v) is 10.3. The van der Waals surface area contributed by atoms with Crippen LogP contribution in [0.5, 0.6) is 0 Å². The molecule has 0 unspecified atom stereocenters. The SMILES string of the molecule is CC(=O)c1nnn(Cc2cnc(Cl)s2)c1C. The fourth-order valence-electron chi connectivity index (χ4n) is 1.34. The van der Waals surface area contributed by atoms with E-state index in [0.717, 1.165) is 10.6 Å². The van der Waals surface area contributed by atoms with E-state index < -0.39 is 0 Å². The molecule has 0 aromatic carbocycles. The van der Waals surface area contributed by atoms with Crippen molar-refractivity contribution >= 4 is 28.7 Å². The van der Waals surface area contributed by atoms with Gasteiger partial charge >= 0.3 is 0 Å². The van der Waals surface area contributed by atoms with Crippen molar-refractivity contribution in [2.45, 2.75) is 20.4 Å². The van der Waals surface area contributed by atoms with Gasteiger partial charge in [-0.25, -0.2) is 9.67 Å². The Morgan fingerprint density at radius 1 is 1.62 bits per heavy atom. The molecule has 0 spiro atoms. The van der Waals surface area contributed by atoms with Crippen molar-refractivity contribution in [1.82, 2.24) is 20.0 Å². The Morgan fingerprint density at radius 3 is 2.88 bits per heavy atom. The third-order valence-corrected chi connectivity index (χ3v) is 3.25. The molecule has 7 heteroatoms. The summed E-state index contributed by atoms with van der Waals surface area (Å²) >= 11 is 7.12. The van der Waals surface area contributed by atoms with Crippen LogP contribution in [0.3, 0.4) is 0 Å². The molecule has 0 N–H and O–H groups in total. The van der Waals surface area contributed by atoms with Gasteiger partial charge in [0.25, 0.3) is 0 Å². The number of carbonyl (C=O) groups excluding carboxylic acids is 1. The van der Waals surface area contributed by atoms with Crippen molar-refractivity contribution < 1.29 is 4.79 Å². The molecule has 0 radical (unpaired) electrons. The van der Waals surface area contributed by atoms with Gasteiger partial charge in [-0.1, -0.05) is 16.8 Å². The van der Waals surface area contributed by atoms with Crippen LogP contribution in [0.1, 0.15) is 28.0 Å². The fraction of sp³-hybridized carbons (Fsp3) is 0.333. The number of Topliss-reactive ketones (excluding diaryl/α,β-unsaturated/α-hetero) is 1. The minimum absolute atomic E-state index is 0.0777. The maximum Gasteiger partial charge on any atom is 0.183 e. The predicted molar refractivity (Wildman–Crippen MR) is 61.0 cm³/mol. The summed E-state index contributed by atoms with van der Waals surface area (Å²) in [5.41, 5.74) is 1.17. The molecule has 2 rings (SSSR count). The molecule has 2 aromatic heterocycles. The summed E-state index contributed by atoms with van der Waals surface area (Å²) in [5.74, 6) is -0.0777. The highest BCUT2D eigenvalue weighted by Crippen LogP contribution is 2.19. The van der Waals surface area contributed by atoms with Crippen LogP contribution in [0.15, 0.2) is 6.20 Å². The number of ketones is 1. The van der Waals surface area contributed by atoms with Crippen molar-refractivity contribution in [1.29, 1.82) is 0 Å². The number of hydrogen-bond donors (Lipinski definition) is 0. The Balaban J connectivity index is 2.25. The maximum atomic E-state index is 11.2. The molecule has 0 aliphatic rings. The smallest absolute Gasteiger partial charge is 0.183 e. The lowest BCUT2D eigenvalue weighted by molar-refractivity contribution is 0.101. The minimum atomic E-state index is -0.0777. The molecule has 2 aromatic rings. The molecule has 84 valence electrons. The van der Waals surface area contributed by atoms with E-state index in [-0.39, 0.29) is 5.78 Å². The quantitative estimate of drug-likeness (QED) is 0.788. The number of halogens is 1. The van der Waals surface area contributed by atoms with E-state index in [1.165, 1.54) is 18.3 Å². The van der Waals surface area contributed by atoms with Gasteiger partial charge in [0.15, 0.2) is 15.9 Å². The number of rotatable bonds is 3. The molecule has 0 atom stereocenters. The molecule has 0 fully saturated rings. The first kappa shape index (κ1) is 11.2. The summed E-state index contributed by atoms with van der Waals surface area (Å²) in [6.45, 7) is 3.83. The summed E-state index contributed by atoms with van der Waals surface area (Å²) < 4.78 is 2.17. The fourth-order valence-corrected chi connectivity index (χ4v) is 2.30. The highest BCUT2D eigenvalue weighted by Gasteiger charge is 2.13. The Kier molecular flexibility index (Phi) is 3.02. The van der Waals surface area contributed by atoms with Gasteiger partial charge in [-0.05, 0) is 6.92 Å². The lowest BCUT2D eigenvalue weighted by Crippen LogP contribution is -2.03. The molecule has 5 nitrogen and oxygen atoms in total. The van der Waals surface area contributed by atoms with Crippen LogP contribution < -0.4 is 0 Å². The number of nitrogens with zero attached hydrogens (tertiary/aromatic N) is 4. The van der Waals surface area contributed by atoms with Crippen molar-refractivity contribution in [3.8, 4) is 0 Å². The molecular formula is C9H9ClN4OS. The number of aromatic nitrogens is 4. The first-order chi connectivity index (χ1) is 7.58.